The van der Waals surface area contributed by atoms with E-state index in [0.717, 1.165) is 12.8 Å². The fourth-order valence-corrected chi connectivity index (χ4v) is 1.92. The van der Waals surface area contributed by atoms with Crippen LogP contribution in [0.25, 0.3) is 0 Å². The van der Waals surface area contributed by atoms with Crippen LogP contribution in [0.1, 0.15) is 11.1 Å². The van der Waals surface area contributed by atoms with Gasteiger partial charge in [-0.1, -0.05) is 6.07 Å². The highest BCUT2D eigenvalue weighted by Crippen LogP contribution is 2.25. The molecule has 1 atom stereocenters. The molecule has 0 heterocycles. The van der Waals surface area contributed by atoms with Crippen molar-refractivity contribution in [3.63, 3.8) is 0 Å². The standard InChI is InChI=1S/C11H16N2/c1-13(2)11-4-3-8-5-10(12)6-9(8)7-11/h3-4,7,10H,5-6,12H2,1-2H3. The summed E-state index contributed by atoms with van der Waals surface area (Å²) in [6, 6.07) is 6.96. The average molecular weight is 176 g/mol. The predicted molar refractivity (Wildman–Crippen MR) is 56.2 cm³/mol. The Kier molecular flexibility index (Phi) is 2.00. The van der Waals surface area contributed by atoms with Gasteiger partial charge >= 0.3 is 0 Å². The molecule has 1 aromatic carbocycles. The largest absolute Gasteiger partial charge is 0.378 e. The van der Waals surface area contributed by atoms with Gasteiger partial charge in [0.2, 0.25) is 0 Å². The second-order valence-corrected chi connectivity index (χ2v) is 4.02. The molecular formula is C11H16N2. The van der Waals surface area contributed by atoms with Crippen LogP contribution in [0.3, 0.4) is 0 Å². The molecule has 2 N–H and O–H groups in total. The van der Waals surface area contributed by atoms with Crippen molar-refractivity contribution in [2.45, 2.75) is 18.9 Å². The topological polar surface area (TPSA) is 29.3 Å². The molecule has 0 saturated heterocycles. The SMILES string of the molecule is CN(C)c1ccc2c(c1)CC(N)C2. The number of hydrogen-bond acceptors (Lipinski definition) is 2. The Morgan fingerprint density at radius 1 is 1.23 bits per heavy atom. The summed E-state index contributed by atoms with van der Waals surface area (Å²) in [6.45, 7) is 0. The van der Waals surface area contributed by atoms with Crippen LogP contribution in [0.2, 0.25) is 0 Å². The molecule has 0 spiro atoms. The minimum atomic E-state index is 0.340. The van der Waals surface area contributed by atoms with Gasteiger partial charge in [0.25, 0.3) is 0 Å². The number of hydrogen-bond donors (Lipinski definition) is 1. The molecule has 1 aromatic rings. The van der Waals surface area contributed by atoms with Crippen molar-refractivity contribution in [2.75, 3.05) is 19.0 Å². The first-order valence-electron chi connectivity index (χ1n) is 4.71. The maximum atomic E-state index is 5.90. The van der Waals surface area contributed by atoms with Crippen molar-refractivity contribution < 1.29 is 0 Å². The third-order valence-electron chi connectivity index (χ3n) is 2.67. The first kappa shape index (κ1) is 8.57. The first-order valence-corrected chi connectivity index (χ1v) is 4.71. The van der Waals surface area contributed by atoms with E-state index in [1.165, 1.54) is 16.8 Å². The Balaban J connectivity index is 2.35. The van der Waals surface area contributed by atoms with Gasteiger partial charge in [0.15, 0.2) is 0 Å². The van der Waals surface area contributed by atoms with E-state index in [-0.39, 0.29) is 0 Å². The summed E-state index contributed by atoms with van der Waals surface area (Å²) >= 11 is 0. The molecule has 0 aromatic heterocycles. The van der Waals surface area contributed by atoms with Gasteiger partial charge in [0.05, 0.1) is 0 Å². The predicted octanol–water partition coefficient (Wildman–Crippen LogP) is 1.18. The summed E-state index contributed by atoms with van der Waals surface area (Å²) < 4.78 is 0. The number of fused-ring (bicyclic) bond motifs is 1. The van der Waals surface area contributed by atoms with Crippen LogP contribution < -0.4 is 10.6 Å². The smallest absolute Gasteiger partial charge is 0.0363 e. The van der Waals surface area contributed by atoms with Gasteiger partial charge in [-0.3, -0.25) is 0 Å². The minimum Gasteiger partial charge on any atom is -0.378 e. The van der Waals surface area contributed by atoms with E-state index in [0.29, 0.717) is 6.04 Å². The molecule has 2 heteroatoms. The molecule has 13 heavy (non-hydrogen) atoms. The van der Waals surface area contributed by atoms with Gasteiger partial charge in [-0.25, -0.2) is 0 Å². The Hall–Kier alpha value is -1.02. The maximum Gasteiger partial charge on any atom is 0.0363 e. The third-order valence-corrected chi connectivity index (χ3v) is 2.67. The lowest BCUT2D eigenvalue weighted by molar-refractivity contribution is 0.721. The summed E-state index contributed by atoms with van der Waals surface area (Å²) in [5, 5.41) is 0. The normalized spacial score (nSPS) is 20.1. The quantitative estimate of drug-likeness (QED) is 0.696. The van der Waals surface area contributed by atoms with Gasteiger partial charge in [-0.2, -0.15) is 0 Å². The molecular weight excluding hydrogens is 160 g/mol. The van der Waals surface area contributed by atoms with Crippen LogP contribution in [0.4, 0.5) is 5.69 Å². The van der Waals surface area contributed by atoms with E-state index in [4.69, 9.17) is 5.73 Å². The zero-order chi connectivity index (χ0) is 9.42. The van der Waals surface area contributed by atoms with E-state index in [1.807, 2.05) is 0 Å². The van der Waals surface area contributed by atoms with E-state index >= 15 is 0 Å². The molecule has 0 radical (unpaired) electrons. The molecule has 0 fully saturated rings. The zero-order valence-corrected chi connectivity index (χ0v) is 8.25. The summed E-state index contributed by atoms with van der Waals surface area (Å²) in [5.74, 6) is 0. The molecule has 1 aliphatic carbocycles. The maximum absolute atomic E-state index is 5.90. The molecule has 0 amide bonds. The van der Waals surface area contributed by atoms with Crippen molar-refractivity contribution in [1.29, 1.82) is 0 Å². The third kappa shape index (κ3) is 1.54. The van der Waals surface area contributed by atoms with Crippen LogP contribution in [0, 0.1) is 0 Å². The van der Waals surface area contributed by atoms with E-state index < -0.39 is 0 Å². The first-order chi connectivity index (χ1) is 6.16. The lowest BCUT2D eigenvalue weighted by atomic mass is 10.1. The Morgan fingerprint density at radius 2 is 1.92 bits per heavy atom. The summed E-state index contributed by atoms with van der Waals surface area (Å²) in [7, 11) is 4.13. The van der Waals surface area contributed by atoms with Crippen LogP contribution in [-0.2, 0) is 12.8 Å². The molecule has 2 nitrogen and oxygen atoms in total. The molecule has 0 bridgehead atoms. The van der Waals surface area contributed by atoms with Gasteiger partial charge in [0.1, 0.15) is 0 Å². The van der Waals surface area contributed by atoms with Crippen molar-refractivity contribution in [3.8, 4) is 0 Å². The highest BCUT2D eigenvalue weighted by Gasteiger charge is 2.17. The Labute approximate surface area is 79.4 Å². The zero-order valence-electron chi connectivity index (χ0n) is 8.25. The lowest BCUT2D eigenvalue weighted by Gasteiger charge is -2.13. The fourth-order valence-electron chi connectivity index (χ4n) is 1.92. The lowest BCUT2D eigenvalue weighted by Crippen LogP contribution is -2.19. The number of nitrogens with zero attached hydrogens (tertiary/aromatic N) is 1. The van der Waals surface area contributed by atoms with Crippen LogP contribution in [-0.4, -0.2) is 20.1 Å². The monoisotopic (exact) mass is 176 g/mol. The van der Waals surface area contributed by atoms with Gasteiger partial charge in [0, 0.05) is 25.8 Å². The number of rotatable bonds is 1. The van der Waals surface area contributed by atoms with Crippen LogP contribution in [0.5, 0.6) is 0 Å². The molecule has 70 valence electrons. The van der Waals surface area contributed by atoms with Crippen molar-refractivity contribution >= 4 is 5.69 Å². The van der Waals surface area contributed by atoms with Gasteiger partial charge in [-0.15, -0.1) is 0 Å². The summed E-state index contributed by atoms with van der Waals surface area (Å²) in [5.41, 5.74) is 10.0. The Morgan fingerprint density at radius 3 is 2.62 bits per heavy atom. The van der Waals surface area contributed by atoms with Crippen LogP contribution >= 0.6 is 0 Å². The molecule has 2 rings (SSSR count). The van der Waals surface area contributed by atoms with Gasteiger partial charge < -0.3 is 10.6 Å². The van der Waals surface area contributed by atoms with Crippen molar-refractivity contribution in [2.24, 2.45) is 5.73 Å². The van der Waals surface area contributed by atoms with Gasteiger partial charge in [-0.05, 0) is 36.1 Å². The molecule has 0 aliphatic heterocycles. The van der Waals surface area contributed by atoms with E-state index in [1.54, 1.807) is 0 Å². The fraction of sp³-hybridized carbons (Fsp3) is 0.455. The second kappa shape index (κ2) is 3.04. The average Bonchev–Trinajstić information content (AvgIpc) is 2.42. The minimum absolute atomic E-state index is 0.340. The van der Waals surface area contributed by atoms with E-state index in [2.05, 4.69) is 37.2 Å². The number of anilines is 1. The summed E-state index contributed by atoms with van der Waals surface area (Å²) in [4.78, 5) is 2.13. The molecule has 1 unspecified atom stereocenters. The highest BCUT2D eigenvalue weighted by molar-refractivity contribution is 5.51. The van der Waals surface area contributed by atoms with Crippen molar-refractivity contribution in [1.82, 2.24) is 0 Å². The second-order valence-electron chi connectivity index (χ2n) is 4.02. The summed E-state index contributed by atoms with van der Waals surface area (Å²) in [6.07, 6.45) is 2.08. The molecule has 1 aliphatic rings. The number of nitrogens with two attached hydrogens (primary N) is 1. The van der Waals surface area contributed by atoms with Crippen LogP contribution in [0.15, 0.2) is 18.2 Å². The van der Waals surface area contributed by atoms with E-state index in [9.17, 15) is 0 Å². The Bertz CT molecular complexity index is 318. The van der Waals surface area contributed by atoms with Crippen molar-refractivity contribution in [3.05, 3.63) is 29.3 Å². The highest BCUT2D eigenvalue weighted by atomic mass is 15.1. The molecule has 0 saturated carbocycles. The number of benzene rings is 1.